The fourth-order valence-corrected chi connectivity index (χ4v) is 3.80. The zero-order valence-electron chi connectivity index (χ0n) is 13.2. The van der Waals surface area contributed by atoms with Gasteiger partial charge in [-0.25, -0.2) is 13.4 Å². The third kappa shape index (κ3) is 4.39. The molecule has 0 aromatic carbocycles. The number of hydrogen-bond acceptors (Lipinski definition) is 5. The second-order valence-corrected chi connectivity index (χ2v) is 6.61. The molecule has 1 unspecified atom stereocenters. The number of nitrogens with one attached hydrogen (secondary N) is 1. The van der Waals surface area contributed by atoms with Gasteiger partial charge in [-0.2, -0.15) is 4.31 Å². The molecule has 0 aliphatic rings. The first-order valence-electron chi connectivity index (χ1n) is 7.18. The van der Waals surface area contributed by atoms with Crippen LogP contribution < -0.4 is 5.32 Å². The normalized spacial score (nSPS) is 13.4. The Labute approximate surface area is 127 Å². The van der Waals surface area contributed by atoms with Crippen LogP contribution in [0.3, 0.4) is 0 Å². The summed E-state index contributed by atoms with van der Waals surface area (Å²) < 4.78 is 32.4. The molecular weight excluding hydrogens is 290 g/mol. The van der Waals surface area contributed by atoms with Gasteiger partial charge in [0, 0.05) is 32.4 Å². The van der Waals surface area contributed by atoms with E-state index in [1.165, 1.54) is 4.31 Å². The van der Waals surface area contributed by atoms with Gasteiger partial charge in [-0.1, -0.05) is 6.92 Å². The summed E-state index contributed by atoms with van der Waals surface area (Å²) in [5.41, 5.74) is 0. The first-order valence-corrected chi connectivity index (χ1v) is 8.62. The summed E-state index contributed by atoms with van der Waals surface area (Å²) in [6.07, 6.45) is 2.32. The molecule has 0 saturated carbocycles. The van der Waals surface area contributed by atoms with E-state index in [1.807, 2.05) is 20.8 Å². The van der Waals surface area contributed by atoms with Gasteiger partial charge in [0.1, 0.15) is 10.7 Å². The van der Waals surface area contributed by atoms with Crippen molar-refractivity contribution in [3.63, 3.8) is 0 Å². The number of pyridine rings is 1. The Hall–Kier alpha value is -1.18. The predicted octanol–water partition coefficient (Wildman–Crippen LogP) is 1.95. The largest absolute Gasteiger partial charge is 0.383 e. The molecule has 0 amide bonds. The van der Waals surface area contributed by atoms with Gasteiger partial charge in [-0.05, 0) is 32.4 Å². The van der Waals surface area contributed by atoms with Crippen molar-refractivity contribution < 1.29 is 13.2 Å². The van der Waals surface area contributed by atoms with Crippen molar-refractivity contribution in [1.29, 1.82) is 0 Å². The van der Waals surface area contributed by atoms with Crippen LogP contribution in [0.1, 0.15) is 27.2 Å². The maximum atomic E-state index is 12.9. The lowest BCUT2D eigenvalue weighted by molar-refractivity contribution is 0.167. The first kappa shape index (κ1) is 17.9. The molecule has 21 heavy (non-hydrogen) atoms. The van der Waals surface area contributed by atoms with Crippen LogP contribution in [-0.2, 0) is 14.8 Å². The Morgan fingerprint density at radius 1 is 1.43 bits per heavy atom. The highest BCUT2D eigenvalue weighted by atomic mass is 32.2. The fraction of sp³-hybridized carbons (Fsp3) is 0.643. The Balaban J connectivity index is 3.22. The lowest BCUT2D eigenvalue weighted by Gasteiger charge is -2.28. The third-order valence-electron chi connectivity index (χ3n) is 3.30. The second-order valence-electron chi connectivity index (χ2n) is 4.75. The summed E-state index contributed by atoms with van der Waals surface area (Å²) in [6.45, 7) is 7.07. The minimum absolute atomic E-state index is 0.0974. The van der Waals surface area contributed by atoms with Gasteiger partial charge < -0.3 is 10.1 Å². The summed E-state index contributed by atoms with van der Waals surface area (Å²) in [5, 5.41) is 3.00. The van der Waals surface area contributed by atoms with Gasteiger partial charge in [-0.15, -0.1) is 0 Å². The molecule has 0 radical (unpaired) electrons. The van der Waals surface area contributed by atoms with Crippen LogP contribution in [0.15, 0.2) is 23.2 Å². The molecule has 1 N–H and O–H groups in total. The number of rotatable bonds is 9. The Morgan fingerprint density at radius 3 is 2.71 bits per heavy atom. The smallest absolute Gasteiger partial charge is 0.247 e. The quantitative estimate of drug-likeness (QED) is 0.754. The zero-order valence-corrected chi connectivity index (χ0v) is 14.0. The average Bonchev–Trinajstić information content (AvgIpc) is 2.48. The van der Waals surface area contributed by atoms with Crippen LogP contribution in [0.4, 0.5) is 5.82 Å². The van der Waals surface area contributed by atoms with E-state index in [2.05, 4.69) is 10.3 Å². The van der Waals surface area contributed by atoms with Gasteiger partial charge in [0.2, 0.25) is 10.0 Å². The van der Waals surface area contributed by atoms with Gasteiger partial charge in [0.25, 0.3) is 0 Å². The van der Waals surface area contributed by atoms with Crippen molar-refractivity contribution in [3.05, 3.63) is 18.3 Å². The molecule has 0 saturated heterocycles. The summed E-state index contributed by atoms with van der Waals surface area (Å²) >= 11 is 0. The molecular formula is C14H25N3O3S. The second kappa shape index (κ2) is 8.31. The standard InChI is InChI=1S/C14H25N3O3S/c1-5-12(3)17(10-11-20-4)21(18,19)13-8-7-9-16-14(13)15-6-2/h7-9,12H,5-6,10-11H2,1-4H3,(H,15,16). The van der Waals surface area contributed by atoms with Crippen molar-refractivity contribution in [2.24, 2.45) is 0 Å². The Bertz CT molecular complexity index is 534. The highest BCUT2D eigenvalue weighted by molar-refractivity contribution is 7.89. The minimum atomic E-state index is -3.61. The molecule has 1 aromatic heterocycles. The van der Waals surface area contributed by atoms with Crippen molar-refractivity contribution in [2.75, 3.05) is 32.1 Å². The maximum Gasteiger partial charge on any atom is 0.247 e. The molecule has 0 aliphatic carbocycles. The summed E-state index contributed by atoms with van der Waals surface area (Å²) in [5.74, 6) is 0.394. The number of ether oxygens (including phenoxy) is 1. The van der Waals surface area contributed by atoms with E-state index in [0.717, 1.165) is 6.42 Å². The number of methoxy groups -OCH3 is 1. The van der Waals surface area contributed by atoms with E-state index in [1.54, 1.807) is 25.4 Å². The molecule has 1 atom stereocenters. The highest BCUT2D eigenvalue weighted by Gasteiger charge is 2.30. The van der Waals surface area contributed by atoms with Gasteiger partial charge in [0.15, 0.2) is 0 Å². The Kier molecular flexibility index (Phi) is 7.07. The number of nitrogens with zero attached hydrogens (tertiary/aromatic N) is 2. The molecule has 0 aliphatic heterocycles. The molecule has 7 heteroatoms. The first-order chi connectivity index (χ1) is 9.98. The minimum Gasteiger partial charge on any atom is -0.383 e. The van der Waals surface area contributed by atoms with Crippen molar-refractivity contribution in [1.82, 2.24) is 9.29 Å². The lowest BCUT2D eigenvalue weighted by atomic mass is 10.3. The zero-order chi connectivity index (χ0) is 15.9. The lowest BCUT2D eigenvalue weighted by Crippen LogP contribution is -2.40. The maximum absolute atomic E-state index is 12.9. The monoisotopic (exact) mass is 315 g/mol. The predicted molar refractivity (Wildman–Crippen MR) is 83.9 cm³/mol. The van der Waals surface area contributed by atoms with Crippen LogP contribution in [0.25, 0.3) is 0 Å². The van der Waals surface area contributed by atoms with Crippen LogP contribution in [0.5, 0.6) is 0 Å². The number of sulfonamides is 1. The van der Waals surface area contributed by atoms with Gasteiger partial charge in [0.05, 0.1) is 6.61 Å². The van der Waals surface area contributed by atoms with E-state index in [9.17, 15) is 8.42 Å². The number of hydrogen-bond donors (Lipinski definition) is 1. The van der Waals surface area contributed by atoms with E-state index in [-0.39, 0.29) is 10.9 Å². The fourth-order valence-electron chi connectivity index (χ4n) is 1.99. The Morgan fingerprint density at radius 2 is 2.14 bits per heavy atom. The van der Waals surface area contributed by atoms with Gasteiger partial charge >= 0.3 is 0 Å². The SMILES string of the molecule is CCNc1ncccc1S(=O)(=O)N(CCOC)C(C)CC. The molecule has 1 heterocycles. The van der Waals surface area contributed by atoms with Crippen LogP contribution in [0.2, 0.25) is 0 Å². The molecule has 120 valence electrons. The highest BCUT2D eigenvalue weighted by Crippen LogP contribution is 2.24. The van der Waals surface area contributed by atoms with E-state index >= 15 is 0 Å². The summed E-state index contributed by atoms with van der Waals surface area (Å²) in [6, 6.07) is 3.13. The third-order valence-corrected chi connectivity index (χ3v) is 5.34. The number of anilines is 1. The molecule has 1 rings (SSSR count). The van der Waals surface area contributed by atoms with Crippen molar-refractivity contribution >= 4 is 15.8 Å². The molecule has 1 aromatic rings. The van der Waals surface area contributed by atoms with Crippen LogP contribution >= 0.6 is 0 Å². The molecule has 6 nitrogen and oxygen atoms in total. The van der Waals surface area contributed by atoms with Crippen LogP contribution in [-0.4, -0.2) is 50.6 Å². The number of aromatic nitrogens is 1. The van der Waals surface area contributed by atoms with Crippen LogP contribution in [0, 0.1) is 0 Å². The van der Waals surface area contributed by atoms with Crippen molar-refractivity contribution in [2.45, 2.75) is 38.1 Å². The average molecular weight is 315 g/mol. The molecule has 0 fully saturated rings. The van der Waals surface area contributed by atoms with Gasteiger partial charge in [-0.3, -0.25) is 0 Å². The van der Waals surface area contributed by atoms with Crippen molar-refractivity contribution in [3.8, 4) is 0 Å². The molecule has 0 bridgehead atoms. The summed E-state index contributed by atoms with van der Waals surface area (Å²) in [7, 11) is -2.04. The van der Waals surface area contributed by atoms with E-state index in [0.29, 0.717) is 25.5 Å². The molecule has 0 spiro atoms. The topological polar surface area (TPSA) is 71.5 Å². The van der Waals surface area contributed by atoms with E-state index in [4.69, 9.17) is 4.74 Å². The van der Waals surface area contributed by atoms with E-state index < -0.39 is 10.0 Å². The summed E-state index contributed by atoms with van der Waals surface area (Å²) in [4.78, 5) is 4.35.